The number of nitrogens with one attached hydrogen (secondary N) is 1. The molecule has 2 rings (SSSR count). The van der Waals surface area contributed by atoms with E-state index in [1.807, 2.05) is 0 Å². The summed E-state index contributed by atoms with van der Waals surface area (Å²) in [6, 6.07) is 10.1. The average molecular weight is 289 g/mol. The minimum Gasteiger partial charge on any atom is -0.369 e. The van der Waals surface area contributed by atoms with E-state index < -0.39 is 0 Å². The fourth-order valence-electron chi connectivity index (χ4n) is 3.01. The molecule has 1 atom stereocenters. The van der Waals surface area contributed by atoms with Crippen molar-refractivity contribution in [1.82, 2.24) is 10.2 Å². The van der Waals surface area contributed by atoms with E-state index in [1.165, 1.54) is 30.8 Å². The summed E-state index contributed by atoms with van der Waals surface area (Å²) in [5.74, 6) is 0. The van der Waals surface area contributed by atoms with Crippen LogP contribution < -0.4 is 10.2 Å². The van der Waals surface area contributed by atoms with Gasteiger partial charge in [-0.1, -0.05) is 26.0 Å². The molecule has 0 amide bonds. The van der Waals surface area contributed by atoms with E-state index in [0.717, 1.165) is 19.6 Å². The molecule has 0 spiro atoms. The maximum absolute atomic E-state index is 3.52. The molecule has 1 heterocycles. The van der Waals surface area contributed by atoms with Gasteiger partial charge in [-0.05, 0) is 44.5 Å². The van der Waals surface area contributed by atoms with Crippen molar-refractivity contribution in [3.8, 4) is 0 Å². The molecule has 21 heavy (non-hydrogen) atoms. The fraction of sp³-hybridized carbons (Fsp3) is 0.667. The zero-order valence-corrected chi connectivity index (χ0v) is 14.1. The lowest BCUT2D eigenvalue weighted by molar-refractivity contribution is 0.187. The molecule has 1 N–H and O–H groups in total. The molecular formula is C18H31N3. The van der Waals surface area contributed by atoms with Gasteiger partial charge in [-0.2, -0.15) is 0 Å². The van der Waals surface area contributed by atoms with Crippen LogP contribution in [0.15, 0.2) is 24.3 Å². The molecule has 0 radical (unpaired) electrons. The Morgan fingerprint density at radius 2 is 1.81 bits per heavy atom. The van der Waals surface area contributed by atoms with Crippen LogP contribution >= 0.6 is 0 Å². The highest BCUT2D eigenvalue weighted by Gasteiger charge is 2.21. The van der Waals surface area contributed by atoms with Gasteiger partial charge in [0.2, 0.25) is 0 Å². The normalized spacial score (nSPS) is 18.2. The number of aryl methyl sites for hydroxylation is 1. The number of piperazine rings is 1. The van der Waals surface area contributed by atoms with Crippen LogP contribution in [0.2, 0.25) is 0 Å². The van der Waals surface area contributed by atoms with Crippen LogP contribution in [-0.2, 0) is 0 Å². The van der Waals surface area contributed by atoms with E-state index in [2.05, 4.69) is 67.1 Å². The van der Waals surface area contributed by atoms with Gasteiger partial charge in [-0.15, -0.1) is 0 Å². The molecule has 1 fully saturated rings. The summed E-state index contributed by atoms with van der Waals surface area (Å²) in [5, 5.41) is 3.52. The topological polar surface area (TPSA) is 18.5 Å². The van der Waals surface area contributed by atoms with Crippen molar-refractivity contribution in [3.05, 3.63) is 29.8 Å². The Kier molecular flexibility index (Phi) is 6.07. The smallest absolute Gasteiger partial charge is 0.0369 e. The maximum atomic E-state index is 3.52. The van der Waals surface area contributed by atoms with E-state index in [1.54, 1.807) is 0 Å². The van der Waals surface area contributed by atoms with Crippen LogP contribution in [0.4, 0.5) is 5.69 Å². The molecule has 1 aromatic carbocycles. The van der Waals surface area contributed by atoms with Crippen molar-refractivity contribution in [2.45, 2.75) is 46.2 Å². The SMILES string of the molecule is Cc1cccc(N2CCN(C(C)CCNC(C)C)CC2)c1. The van der Waals surface area contributed by atoms with Crippen LogP contribution in [0.5, 0.6) is 0 Å². The van der Waals surface area contributed by atoms with E-state index >= 15 is 0 Å². The summed E-state index contributed by atoms with van der Waals surface area (Å²) >= 11 is 0. The summed E-state index contributed by atoms with van der Waals surface area (Å²) < 4.78 is 0. The number of anilines is 1. The number of hydrogen-bond acceptors (Lipinski definition) is 3. The first-order chi connectivity index (χ1) is 10.1. The first kappa shape index (κ1) is 16.3. The quantitative estimate of drug-likeness (QED) is 0.869. The van der Waals surface area contributed by atoms with Crippen LogP contribution in [0.3, 0.4) is 0 Å². The molecule has 1 aliphatic rings. The number of rotatable bonds is 6. The van der Waals surface area contributed by atoms with E-state index in [9.17, 15) is 0 Å². The number of hydrogen-bond donors (Lipinski definition) is 1. The van der Waals surface area contributed by atoms with Gasteiger partial charge in [0, 0.05) is 44.0 Å². The third kappa shape index (κ3) is 5.01. The number of benzene rings is 1. The molecule has 1 aromatic rings. The van der Waals surface area contributed by atoms with Gasteiger partial charge in [-0.3, -0.25) is 4.90 Å². The van der Waals surface area contributed by atoms with Crippen molar-refractivity contribution in [2.24, 2.45) is 0 Å². The predicted molar refractivity (Wildman–Crippen MR) is 92.2 cm³/mol. The number of nitrogens with zero attached hydrogens (tertiary/aromatic N) is 2. The van der Waals surface area contributed by atoms with Gasteiger partial charge in [0.05, 0.1) is 0 Å². The Hall–Kier alpha value is -1.06. The second kappa shape index (κ2) is 7.81. The Bertz CT molecular complexity index is 422. The van der Waals surface area contributed by atoms with Crippen molar-refractivity contribution in [2.75, 3.05) is 37.6 Å². The summed E-state index contributed by atoms with van der Waals surface area (Å²) in [6.07, 6.45) is 1.24. The van der Waals surface area contributed by atoms with Crippen molar-refractivity contribution >= 4 is 5.69 Å². The summed E-state index contributed by atoms with van der Waals surface area (Å²) in [6.45, 7) is 14.7. The first-order valence-corrected chi connectivity index (χ1v) is 8.35. The first-order valence-electron chi connectivity index (χ1n) is 8.35. The van der Waals surface area contributed by atoms with Crippen molar-refractivity contribution in [3.63, 3.8) is 0 Å². The monoisotopic (exact) mass is 289 g/mol. The van der Waals surface area contributed by atoms with Crippen LogP contribution in [0, 0.1) is 6.92 Å². The third-order valence-corrected chi connectivity index (χ3v) is 4.42. The Labute approximate surface area is 130 Å². The van der Waals surface area contributed by atoms with Gasteiger partial charge < -0.3 is 10.2 Å². The van der Waals surface area contributed by atoms with Crippen LogP contribution in [-0.4, -0.2) is 49.7 Å². The largest absolute Gasteiger partial charge is 0.369 e. The van der Waals surface area contributed by atoms with Gasteiger partial charge >= 0.3 is 0 Å². The Balaban J connectivity index is 1.77. The van der Waals surface area contributed by atoms with Gasteiger partial charge in [0.25, 0.3) is 0 Å². The van der Waals surface area contributed by atoms with Gasteiger partial charge in [0.1, 0.15) is 0 Å². The fourth-order valence-corrected chi connectivity index (χ4v) is 3.01. The maximum Gasteiger partial charge on any atom is 0.0369 e. The van der Waals surface area contributed by atoms with E-state index in [4.69, 9.17) is 0 Å². The third-order valence-electron chi connectivity index (χ3n) is 4.42. The summed E-state index contributed by atoms with van der Waals surface area (Å²) in [4.78, 5) is 5.15. The Morgan fingerprint density at radius 3 is 2.43 bits per heavy atom. The molecule has 0 bridgehead atoms. The summed E-state index contributed by atoms with van der Waals surface area (Å²) in [5.41, 5.74) is 2.73. The van der Waals surface area contributed by atoms with Crippen LogP contribution in [0.25, 0.3) is 0 Å². The highest BCUT2D eigenvalue weighted by atomic mass is 15.3. The van der Waals surface area contributed by atoms with Crippen molar-refractivity contribution in [1.29, 1.82) is 0 Å². The minimum atomic E-state index is 0.593. The van der Waals surface area contributed by atoms with Gasteiger partial charge in [0.15, 0.2) is 0 Å². The molecular weight excluding hydrogens is 258 g/mol. The van der Waals surface area contributed by atoms with E-state index in [-0.39, 0.29) is 0 Å². The van der Waals surface area contributed by atoms with Gasteiger partial charge in [-0.25, -0.2) is 0 Å². The molecule has 1 saturated heterocycles. The lowest BCUT2D eigenvalue weighted by Crippen LogP contribution is -2.50. The Morgan fingerprint density at radius 1 is 1.10 bits per heavy atom. The highest BCUT2D eigenvalue weighted by molar-refractivity contribution is 5.48. The summed E-state index contributed by atoms with van der Waals surface area (Å²) in [7, 11) is 0. The lowest BCUT2D eigenvalue weighted by atomic mass is 10.1. The zero-order chi connectivity index (χ0) is 15.2. The lowest BCUT2D eigenvalue weighted by Gasteiger charge is -2.39. The molecule has 0 aliphatic carbocycles. The zero-order valence-electron chi connectivity index (χ0n) is 14.1. The average Bonchev–Trinajstić information content (AvgIpc) is 2.47. The van der Waals surface area contributed by atoms with E-state index in [0.29, 0.717) is 12.1 Å². The molecule has 0 saturated carbocycles. The molecule has 0 aromatic heterocycles. The standard InChI is InChI=1S/C18H31N3/c1-15(2)19-9-8-17(4)20-10-12-21(13-11-20)18-7-5-6-16(3)14-18/h5-7,14-15,17,19H,8-13H2,1-4H3. The van der Waals surface area contributed by atoms with Crippen LogP contribution in [0.1, 0.15) is 32.8 Å². The molecule has 1 unspecified atom stereocenters. The highest BCUT2D eigenvalue weighted by Crippen LogP contribution is 2.19. The second-order valence-electron chi connectivity index (χ2n) is 6.61. The van der Waals surface area contributed by atoms with Crippen molar-refractivity contribution < 1.29 is 0 Å². The second-order valence-corrected chi connectivity index (χ2v) is 6.61. The molecule has 1 aliphatic heterocycles. The minimum absolute atomic E-state index is 0.593. The molecule has 3 heteroatoms. The molecule has 3 nitrogen and oxygen atoms in total. The molecule has 118 valence electrons. The predicted octanol–water partition coefficient (Wildman–Crippen LogP) is 2.89.